The molecule has 1 aliphatic rings. The smallest absolute Gasteiger partial charge is 0.382 e. The molecule has 19 heavy (non-hydrogen) atoms. The van der Waals surface area contributed by atoms with Crippen molar-refractivity contribution in [2.45, 2.75) is 58.7 Å². The lowest BCUT2D eigenvalue weighted by Crippen LogP contribution is -2.40. The highest BCUT2D eigenvalue weighted by Crippen LogP contribution is 2.39. The second kappa shape index (κ2) is 6.44. The first kappa shape index (κ1) is 16.8. The monoisotopic (exact) mass is 281 g/mol. The Morgan fingerprint density at radius 1 is 1.11 bits per heavy atom. The minimum Gasteiger partial charge on any atom is -0.382 e. The average molecular weight is 281 g/mol. The summed E-state index contributed by atoms with van der Waals surface area (Å²) in [7, 11) is 0. The van der Waals surface area contributed by atoms with E-state index in [1.165, 1.54) is 0 Å². The Balaban J connectivity index is 2.20. The standard InChI is InChI=1S/C14H26F3NO/c1-13(2,3)11-6-4-10(5-7-11)8-18-9-12(19)14(15,16)17/h10-12,18-19H,4-9H2,1-3H3. The Labute approximate surface area is 113 Å². The normalized spacial score (nSPS) is 27.3. The van der Waals surface area contributed by atoms with Crippen molar-refractivity contribution in [1.82, 2.24) is 5.32 Å². The van der Waals surface area contributed by atoms with E-state index in [1.54, 1.807) is 0 Å². The molecule has 0 amide bonds. The van der Waals surface area contributed by atoms with Crippen LogP contribution >= 0.6 is 0 Å². The minimum absolute atomic E-state index is 0.324. The summed E-state index contributed by atoms with van der Waals surface area (Å²) in [4.78, 5) is 0. The molecule has 5 heteroatoms. The van der Waals surface area contributed by atoms with Crippen LogP contribution in [0, 0.1) is 17.3 Å². The van der Waals surface area contributed by atoms with Gasteiger partial charge in [-0.05, 0) is 49.5 Å². The first-order valence-corrected chi connectivity index (χ1v) is 7.06. The molecule has 1 atom stereocenters. The van der Waals surface area contributed by atoms with Gasteiger partial charge in [0.15, 0.2) is 6.10 Å². The molecule has 2 N–H and O–H groups in total. The molecule has 0 aromatic heterocycles. The van der Waals surface area contributed by atoms with Crippen LogP contribution in [0.25, 0.3) is 0 Å². The summed E-state index contributed by atoms with van der Waals surface area (Å²) in [6.07, 6.45) is -2.33. The zero-order valence-electron chi connectivity index (χ0n) is 12.1. The highest BCUT2D eigenvalue weighted by Gasteiger charge is 2.37. The summed E-state index contributed by atoms with van der Waals surface area (Å²) in [5.74, 6) is 1.16. The zero-order valence-corrected chi connectivity index (χ0v) is 12.1. The van der Waals surface area contributed by atoms with Crippen molar-refractivity contribution in [2.24, 2.45) is 17.3 Å². The largest absolute Gasteiger partial charge is 0.415 e. The first-order valence-electron chi connectivity index (χ1n) is 7.06. The number of aliphatic hydroxyl groups is 1. The van der Waals surface area contributed by atoms with Crippen LogP contribution < -0.4 is 5.32 Å². The molecule has 0 radical (unpaired) electrons. The SMILES string of the molecule is CC(C)(C)C1CCC(CNCC(O)C(F)(F)F)CC1. The molecular weight excluding hydrogens is 255 g/mol. The van der Waals surface area contributed by atoms with Gasteiger partial charge in [-0.2, -0.15) is 13.2 Å². The van der Waals surface area contributed by atoms with Crippen LogP contribution in [-0.2, 0) is 0 Å². The molecule has 0 saturated heterocycles. The van der Waals surface area contributed by atoms with E-state index in [4.69, 9.17) is 5.11 Å². The average Bonchev–Trinajstić information content (AvgIpc) is 2.27. The fourth-order valence-electron chi connectivity index (χ4n) is 2.77. The van der Waals surface area contributed by atoms with Gasteiger partial charge in [-0.15, -0.1) is 0 Å². The number of nitrogens with one attached hydrogen (secondary N) is 1. The van der Waals surface area contributed by atoms with Gasteiger partial charge in [0, 0.05) is 6.54 Å². The van der Waals surface area contributed by atoms with Crippen LogP contribution in [0.3, 0.4) is 0 Å². The van der Waals surface area contributed by atoms with Gasteiger partial charge in [-0.25, -0.2) is 0 Å². The van der Waals surface area contributed by atoms with Crippen molar-refractivity contribution in [1.29, 1.82) is 0 Å². The van der Waals surface area contributed by atoms with Crippen molar-refractivity contribution in [3.63, 3.8) is 0 Å². The Hall–Kier alpha value is -0.290. The lowest BCUT2D eigenvalue weighted by Gasteiger charge is -2.37. The predicted molar refractivity (Wildman–Crippen MR) is 69.8 cm³/mol. The predicted octanol–water partition coefficient (Wildman–Crippen LogP) is 3.35. The second-order valence-electron chi connectivity index (χ2n) is 6.80. The number of rotatable bonds is 4. The van der Waals surface area contributed by atoms with Crippen molar-refractivity contribution in [2.75, 3.05) is 13.1 Å². The van der Waals surface area contributed by atoms with Crippen LogP contribution in [0.1, 0.15) is 46.5 Å². The van der Waals surface area contributed by atoms with E-state index in [0.717, 1.165) is 25.7 Å². The molecular formula is C14H26F3NO. The summed E-state index contributed by atoms with van der Waals surface area (Å²) in [5, 5.41) is 11.6. The third-order valence-corrected chi connectivity index (χ3v) is 4.22. The van der Waals surface area contributed by atoms with E-state index in [9.17, 15) is 13.2 Å². The molecule has 2 nitrogen and oxygen atoms in total. The van der Waals surface area contributed by atoms with Gasteiger partial charge in [0.05, 0.1) is 0 Å². The molecule has 0 heterocycles. The minimum atomic E-state index is -4.52. The van der Waals surface area contributed by atoms with E-state index < -0.39 is 18.8 Å². The van der Waals surface area contributed by atoms with Gasteiger partial charge in [-0.3, -0.25) is 0 Å². The Kier molecular flexibility index (Phi) is 5.68. The third kappa shape index (κ3) is 5.69. The highest BCUT2D eigenvalue weighted by molar-refractivity contribution is 4.81. The van der Waals surface area contributed by atoms with E-state index >= 15 is 0 Å². The first-order chi connectivity index (χ1) is 8.60. The summed E-state index contributed by atoms with van der Waals surface area (Å²) in [6, 6.07) is 0. The lowest BCUT2D eigenvalue weighted by atomic mass is 9.70. The Bertz CT molecular complexity index is 265. The van der Waals surface area contributed by atoms with Gasteiger partial charge >= 0.3 is 6.18 Å². The molecule has 1 aliphatic carbocycles. The van der Waals surface area contributed by atoms with Crippen molar-refractivity contribution < 1.29 is 18.3 Å². The maximum Gasteiger partial charge on any atom is 0.415 e. The van der Waals surface area contributed by atoms with Crippen LogP contribution in [0.15, 0.2) is 0 Å². The van der Waals surface area contributed by atoms with Gasteiger partial charge < -0.3 is 10.4 Å². The fraction of sp³-hybridized carbons (Fsp3) is 1.00. The van der Waals surface area contributed by atoms with E-state index in [0.29, 0.717) is 23.8 Å². The Morgan fingerprint density at radius 2 is 1.63 bits per heavy atom. The van der Waals surface area contributed by atoms with Gasteiger partial charge in [-0.1, -0.05) is 20.8 Å². The molecule has 114 valence electrons. The van der Waals surface area contributed by atoms with Crippen molar-refractivity contribution in [3.8, 4) is 0 Å². The number of hydrogen-bond acceptors (Lipinski definition) is 2. The van der Waals surface area contributed by atoms with E-state index in [-0.39, 0.29) is 0 Å². The highest BCUT2D eigenvalue weighted by atomic mass is 19.4. The molecule has 1 rings (SSSR count). The quantitative estimate of drug-likeness (QED) is 0.828. The van der Waals surface area contributed by atoms with Gasteiger partial charge in [0.1, 0.15) is 0 Å². The van der Waals surface area contributed by atoms with Gasteiger partial charge in [0.2, 0.25) is 0 Å². The molecule has 1 saturated carbocycles. The molecule has 0 spiro atoms. The number of aliphatic hydroxyl groups excluding tert-OH is 1. The van der Waals surface area contributed by atoms with Crippen LogP contribution in [-0.4, -0.2) is 30.5 Å². The fourth-order valence-corrected chi connectivity index (χ4v) is 2.77. The molecule has 1 fully saturated rings. The maximum absolute atomic E-state index is 12.1. The van der Waals surface area contributed by atoms with Gasteiger partial charge in [0.25, 0.3) is 0 Å². The van der Waals surface area contributed by atoms with Crippen LogP contribution in [0.5, 0.6) is 0 Å². The van der Waals surface area contributed by atoms with E-state index in [2.05, 4.69) is 26.1 Å². The summed E-state index contributed by atoms with van der Waals surface area (Å²) in [5.41, 5.74) is 0.324. The molecule has 1 unspecified atom stereocenters. The molecule has 0 aromatic rings. The third-order valence-electron chi connectivity index (χ3n) is 4.22. The topological polar surface area (TPSA) is 32.3 Å². The maximum atomic E-state index is 12.1. The molecule has 0 aromatic carbocycles. The molecule has 0 aliphatic heterocycles. The number of halogens is 3. The van der Waals surface area contributed by atoms with Crippen LogP contribution in [0.4, 0.5) is 13.2 Å². The lowest BCUT2D eigenvalue weighted by molar-refractivity contribution is -0.201. The summed E-state index contributed by atoms with van der Waals surface area (Å²) >= 11 is 0. The van der Waals surface area contributed by atoms with Crippen molar-refractivity contribution >= 4 is 0 Å². The van der Waals surface area contributed by atoms with Crippen LogP contribution in [0.2, 0.25) is 0 Å². The number of hydrogen-bond donors (Lipinski definition) is 2. The van der Waals surface area contributed by atoms with E-state index in [1.807, 2.05) is 0 Å². The molecule has 0 bridgehead atoms. The zero-order chi connectivity index (χ0) is 14.7. The van der Waals surface area contributed by atoms with Crippen molar-refractivity contribution in [3.05, 3.63) is 0 Å². The summed E-state index contributed by atoms with van der Waals surface area (Å²) < 4.78 is 36.3. The Morgan fingerprint density at radius 3 is 2.05 bits per heavy atom. The second-order valence-corrected chi connectivity index (χ2v) is 6.80. The summed E-state index contributed by atoms with van der Waals surface area (Å²) in [6.45, 7) is 6.91. The number of alkyl halides is 3.